The van der Waals surface area contributed by atoms with Crippen LogP contribution in [0.4, 0.5) is 0 Å². The summed E-state index contributed by atoms with van der Waals surface area (Å²) >= 11 is 3.73. The molecule has 1 heterocycles. The number of aliphatic hydroxyl groups excluding tert-OH is 1. The Balaban J connectivity index is 1.59. The molecule has 2 bridgehead atoms. The molecule has 0 amide bonds. The molecule has 0 radical (unpaired) electrons. The first-order chi connectivity index (χ1) is 20.1. The molecule has 1 N–H and O–H groups in total. The van der Waals surface area contributed by atoms with E-state index >= 15 is 0 Å². The van der Waals surface area contributed by atoms with Gasteiger partial charge < -0.3 is 19.3 Å². The first-order valence-electron chi connectivity index (χ1n) is 13.8. The van der Waals surface area contributed by atoms with Crippen LogP contribution in [0.5, 0.6) is 11.5 Å². The van der Waals surface area contributed by atoms with Gasteiger partial charge in [0.2, 0.25) is 0 Å². The lowest BCUT2D eigenvalue weighted by Crippen LogP contribution is -2.45. The molecule has 2 aliphatic carbocycles. The van der Waals surface area contributed by atoms with Crippen molar-refractivity contribution in [1.29, 1.82) is 0 Å². The van der Waals surface area contributed by atoms with Crippen LogP contribution in [0.2, 0.25) is 0 Å². The normalized spacial score (nSPS) is 24.8. The van der Waals surface area contributed by atoms with Gasteiger partial charge in [-0.2, -0.15) is 0 Å². The zero-order valence-corrected chi connectivity index (χ0v) is 26.6. The SMILES string of the molecule is COc1cc(Br)c([C@H]2C[C@H]3c4cc(-c5ccccc5)n(S(=O)(=O)c5ccc(C)cc5)c4[C@H](O)[C@@H]2[C@]3(C)OC)cc1OC. The number of aliphatic hydroxyl groups is 1. The first-order valence-corrected chi connectivity index (χ1v) is 16.1. The van der Waals surface area contributed by atoms with Crippen LogP contribution < -0.4 is 9.47 Å². The Morgan fingerprint density at radius 2 is 1.57 bits per heavy atom. The molecule has 3 aromatic carbocycles. The summed E-state index contributed by atoms with van der Waals surface area (Å²) in [6.45, 7) is 3.94. The third kappa shape index (κ3) is 4.24. The Labute approximate surface area is 255 Å². The van der Waals surface area contributed by atoms with E-state index in [-0.39, 0.29) is 16.7 Å². The maximum atomic E-state index is 14.4. The van der Waals surface area contributed by atoms with Crippen molar-refractivity contribution in [2.75, 3.05) is 21.3 Å². The molecule has 1 aromatic heterocycles. The van der Waals surface area contributed by atoms with Gasteiger partial charge in [-0.15, -0.1) is 0 Å². The van der Waals surface area contributed by atoms with Crippen LogP contribution in [-0.4, -0.2) is 44.4 Å². The fourth-order valence-electron chi connectivity index (χ4n) is 7.14. The minimum atomic E-state index is -4.07. The number of benzene rings is 3. The van der Waals surface area contributed by atoms with E-state index in [9.17, 15) is 13.5 Å². The van der Waals surface area contributed by atoms with E-state index in [1.54, 1.807) is 45.6 Å². The predicted octanol–water partition coefficient (Wildman–Crippen LogP) is 6.82. The summed E-state index contributed by atoms with van der Waals surface area (Å²) in [5.41, 5.74) is 3.62. The minimum Gasteiger partial charge on any atom is -0.493 e. The van der Waals surface area contributed by atoms with Crippen molar-refractivity contribution in [2.24, 2.45) is 5.92 Å². The average Bonchev–Trinajstić information content (AvgIpc) is 3.50. The van der Waals surface area contributed by atoms with Crippen LogP contribution in [0.3, 0.4) is 0 Å². The fourth-order valence-corrected chi connectivity index (χ4v) is 9.34. The predicted molar refractivity (Wildman–Crippen MR) is 165 cm³/mol. The zero-order chi connectivity index (χ0) is 30.0. The van der Waals surface area contributed by atoms with E-state index in [2.05, 4.69) is 15.9 Å². The third-order valence-electron chi connectivity index (χ3n) is 9.27. The van der Waals surface area contributed by atoms with Crippen molar-refractivity contribution in [2.45, 2.75) is 48.7 Å². The van der Waals surface area contributed by atoms with Gasteiger partial charge >= 0.3 is 0 Å². The monoisotopic (exact) mass is 651 g/mol. The molecule has 1 fully saturated rings. The standard InChI is InChI=1S/C33H34BrNO6S/c1-19-11-13-21(14-12-19)42(37,38)35-27(20-9-7-6-8-10-20)16-24-25-15-23(30(32(36)31(24)35)33(25,2)41-5)22-17-28(39-3)29(40-4)18-26(22)34/h6-14,16-18,23,25,30,32,36H,15H2,1-5H3/t23-,25+,30-,32-,33-/m1/s1. The Kier molecular flexibility index (Phi) is 7.28. The second-order valence-electron chi connectivity index (χ2n) is 11.3. The number of nitrogens with zero attached hydrogens (tertiary/aromatic N) is 1. The number of halogens is 1. The highest BCUT2D eigenvalue weighted by Gasteiger charge is 2.62. The Bertz CT molecular complexity index is 1750. The summed E-state index contributed by atoms with van der Waals surface area (Å²) in [7, 11) is 0.783. The molecule has 0 spiro atoms. The molecule has 7 nitrogen and oxygen atoms in total. The van der Waals surface area contributed by atoms with Gasteiger partial charge in [-0.05, 0) is 73.2 Å². The van der Waals surface area contributed by atoms with Gasteiger partial charge in [0.05, 0.1) is 36.1 Å². The van der Waals surface area contributed by atoms with Gasteiger partial charge in [-0.25, -0.2) is 12.4 Å². The fraction of sp³-hybridized carbons (Fsp3) is 0.333. The molecule has 2 aliphatic rings. The minimum absolute atomic E-state index is 0.160. The Morgan fingerprint density at radius 1 is 0.929 bits per heavy atom. The van der Waals surface area contributed by atoms with Crippen LogP contribution in [-0.2, 0) is 14.8 Å². The molecular weight excluding hydrogens is 618 g/mol. The highest BCUT2D eigenvalue weighted by molar-refractivity contribution is 9.10. The second kappa shape index (κ2) is 10.6. The summed E-state index contributed by atoms with van der Waals surface area (Å²) in [4.78, 5) is 0.169. The summed E-state index contributed by atoms with van der Waals surface area (Å²) < 4.78 is 48.4. The van der Waals surface area contributed by atoms with Crippen molar-refractivity contribution >= 4 is 26.0 Å². The number of aryl methyl sites for hydroxylation is 1. The molecule has 9 heteroatoms. The highest BCUT2D eigenvalue weighted by atomic mass is 79.9. The number of methoxy groups -OCH3 is 3. The maximum Gasteiger partial charge on any atom is 0.268 e. The van der Waals surface area contributed by atoms with Gasteiger partial charge in [0.1, 0.15) is 6.10 Å². The molecular formula is C33H34BrNO6S. The number of ether oxygens (including phenoxy) is 3. The van der Waals surface area contributed by atoms with Gasteiger partial charge in [-0.1, -0.05) is 64.0 Å². The van der Waals surface area contributed by atoms with Crippen LogP contribution in [0.25, 0.3) is 11.3 Å². The third-order valence-corrected chi connectivity index (χ3v) is 11.7. The van der Waals surface area contributed by atoms with Crippen LogP contribution in [0.15, 0.2) is 82.2 Å². The number of aromatic nitrogens is 1. The lowest BCUT2D eigenvalue weighted by atomic mass is 9.71. The lowest BCUT2D eigenvalue weighted by Gasteiger charge is -2.43. The van der Waals surface area contributed by atoms with Crippen LogP contribution >= 0.6 is 15.9 Å². The first kappa shape index (κ1) is 29.0. The summed E-state index contributed by atoms with van der Waals surface area (Å²) in [5.74, 6) is 0.400. The van der Waals surface area contributed by atoms with Crippen molar-refractivity contribution in [3.8, 4) is 22.8 Å². The number of rotatable bonds is 7. The molecule has 0 unspecified atom stereocenters. The summed E-state index contributed by atoms with van der Waals surface area (Å²) in [6.07, 6.45) is -0.484. The van der Waals surface area contributed by atoms with Gasteiger partial charge in [-0.3, -0.25) is 0 Å². The van der Waals surface area contributed by atoms with Crippen LogP contribution in [0.1, 0.15) is 53.7 Å². The van der Waals surface area contributed by atoms with Gasteiger partial charge in [0.15, 0.2) is 11.5 Å². The maximum absolute atomic E-state index is 14.4. The van der Waals surface area contributed by atoms with Gasteiger partial charge in [0, 0.05) is 23.4 Å². The van der Waals surface area contributed by atoms with Crippen molar-refractivity contribution in [3.05, 3.63) is 99.7 Å². The number of hydrogen-bond acceptors (Lipinski definition) is 6. The van der Waals surface area contributed by atoms with Crippen LogP contribution in [0, 0.1) is 12.8 Å². The molecule has 5 atom stereocenters. The lowest BCUT2D eigenvalue weighted by molar-refractivity contribution is -0.0934. The smallest absolute Gasteiger partial charge is 0.268 e. The molecule has 0 saturated heterocycles. The van der Waals surface area contributed by atoms with Crippen molar-refractivity contribution in [3.63, 3.8) is 0 Å². The van der Waals surface area contributed by atoms with E-state index in [1.165, 1.54) is 3.97 Å². The topological polar surface area (TPSA) is 87.0 Å². The molecule has 0 aliphatic heterocycles. The number of fused-ring (bicyclic) bond motifs is 4. The van der Waals surface area contributed by atoms with E-state index in [1.807, 2.05) is 62.4 Å². The highest BCUT2D eigenvalue weighted by Crippen LogP contribution is 2.65. The molecule has 42 heavy (non-hydrogen) atoms. The van der Waals surface area contributed by atoms with E-state index < -0.39 is 27.6 Å². The average molecular weight is 653 g/mol. The Hall–Kier alpha value is -3.11. The second-order valence-corrected chi connectivity index (χ2v) is 13.9. The summed E-state index contributed by atoms with van der Waals surface area (Å²) in [5, 5.41) is 12.3. The molecule has 4 aromatic rings. The molecule has 6 rings (SSSR count). The largest absolute Gasteiger partial charge is 0.493 e. The molecule has 1 saturated carbocycles. The van der Waals surface area contributed by atoms with Crippen molar-refractivity contribution < 1.29 is 27.7 Å². The van der Waals surface area contributed by atoms with Crippen molar-refractivity contribution in [1.82, 2.24) is 3.97 Å². The van der Waals surface area contributed by atoms with E-state index in [0.717, 1.165) is 26.7 Å². The quantitative estimate of drug-likeness (QED) is 0.236. The Morgan fingerprint density at radius 3 is 2.19 bits per heavy atom. The van der Waals surface area contributed by atoms with Gasteiger partial charge in [0.25, 0.3) is 10.0 Å². The van der Waals surface area contributed by atoms with E-state index in [4.69, 9.17) is 14.2 Å². The summed E-state index contributed by atoms with van der Waals surface area (Å²) in [6, 6.07) is 22.0. The number of hydrogen-bond donors (Lipinski definition) is 1. The van der Waals surface area contributed by atoms with E-state index in [0.29, 0.717) is 29.3 Å². The molecule has 220 valence electrons. The zero-order valence-electron chi connectivity index (χ0n) is 24.2.